The Labute approximate surface area is 151 Å². The second kappa shape index (κ2) is 6.94. The van der Waals surface area contributed by atoms with Gasteiger partial charge < -0.3 is 4.74 Å². The molecule has 26 heavy (non-hydrogen) atoms. The molecule has 0 radical (unpaired) electrons. The van der Waals surface area contributed by atoms with E-state index in [4.69, 9.17) is 8.37 Å². The lowest BCUT2D eigenvalue weighted by Crippen LogP contribution is -2.27. The van der Waals surface area contributed by atoms with Gasteiger partial charge in [0.05, 0.1) is 6.61 Å². The van der Waals surface area contributed by atoms with Crippen molar-refractivity contribution in [3.63, 3.8) is 0 Å². The molecule has 0 atom stereocenters. The van der Waals surface area contributed by atoms with Gasteiger partial charge in [0.15, 0.2) is 0 Å². The van der Waals surface area contributed by atoms with E-state index < -0.39 is 25.9 Å². The molecule has 0 aliphatic carbocycles. The van der Waals surface area contributed by atoms with Crippen molar-refractivity contribution in [2.75, 3.05) is 18.1 Å². The number of hydrogen-bond acceptors (Lipinski definition) is 4. The van der Waals surface area contributed by atoms with Crippen molar-refractivity contribution < 1.29 is 30.0 Å². The zero-order chi connectivity index (χ0) is 19.0. The average molecular weight is 408 g/mol. The smallest absolute Gasteiger partial charge is 0.493 e. The standard InChI is InChI=1S/C17H19F3O4S2/c1-2-23-15-9-5-8-14-13(15)7-6-10-16(14)25(11-3-4-12-25)24-26(21,22)17(18,19)20/h5-10H,2-4,11-12H2,1H3. The molecule has 1 fully saturated rings. The van der Waals surface area contributed by atoms with Crippen LogP contribution in [0.3, 0.4) is 0 Å². The maximum atomic E-state index is 12.9. The van der Waals surface area contributed by atoms with Crippen LogP contribution in [0.2, 0.25) is 0 Å². The van der Waals surface area contributed by atoms with Crippen LogP contribution >= 0.6 is 10.3 Å². The summed E-state index contributed by atoms with van der Waals surface area (Å²) in [6.45, 7) is 2.28. The van der Waals surface area contributed by atoms with Gasteiger partial charge in [0.1, 0.15) is 5.75 Å². The Hall–Kier alpha value is -1.45. The quantitative estimate of drug-likeness (QED) is 0.655. The highest BCUT2D eigenvalue weighted by atomic mass is 32.3. The summed E-state index contributed by atoms with van der Waals surface area (Å²) in [5.74, 6) is 1.19. The molecule has 3 rings (SSSR count). The van der Waals surface area contributed by atoms with Gasteiger partial charge in [-0.3, -0.25) is 0 Å². The van der Waals surface area contributed by atoms with Crippen molar-refractivity contribution in [2.24, 2.45) is 0 Å². The molecule has 1 saturated heterocycles. The lowest BCUT2D eigenvalue weighted by Gasteiger charge is -2.35. The number of ether oxygens (including phenoxy) is 1. The van der Waals surface area contributed by atoms with Gasteiger partial charge in [-0.25, -0.2) is 3.63 Å². The van der Waals surface area contributed by atoms with Gasteiger partial charge in [-0.2, -0.15) is 21.6 Å². The molecule has 9 heteroatoms. The van der Waals surface area contributed by atoms with Crippen molar-refractivity contribution in [1.29, 1.82) is 0 Å². The highest BCUT2D eigenvalue weighted by Crippen LogP contribution is 2.65. The Morgan fingerprint density at radius 2 is 1.65 bits per heavy atom. The maximum absolute atomic E-state index is 12.9. The zero-order valence-electron chi connectivity index (χ0n) is 14.1. The first-order chi connectivity index (χ1) is 12.2. The van der Waals surface area contributed by atoms with Gasteiger partial charge in [0.25, 0.3) is 0 Å². The van der Waals surface area contributed by atoms with Crippen LogP contribution in [0, 0.1) is 0 Å². The van der Waals surface area contributed by atoms with Crippen LogP contribution in [-0.2, 0) is 13.7 Å². The molecule has 1 aliphatic heterocycles. The molecule has 0 N–H and O–H groups in total. The third kappa shape index (κ3) is 3.39. The van der Waals surface area contributed by atoms with E-state index in [9.17, 15) is 21.6 Å². The molecule has 0 unspecified atom stereocenters. The number of alkyl halides is 3. The number of fused-ring (bicyclic) bond motifs is 1. The van der Waals surface area contributed by atoms with Crippen molar-refractivity contribution in [3.8, 4) is 5.75 Å². The predicted molar refractivity (Wildman–Crippen MR) is 96.0 cm³/mol. The molecule has 0 amide bonds. The highest BCUT2D eigenvalue weighted by molar-refractivity contribution is 8.33. The Bertz CT molecular complexity index is 904. The second-order valence-corrected chi connectivity index (χ2v) is 10.7. The summed E-state index contributed by atoms with van der Waals surface area (Å²) >= 11 is 0. The average Bonchev–Trinajstić information content (AvgIpc) is 3.02. The molecule has 2 aromatic rings. The third-order valence-corrected chi connectivity index (χ3v) is 9.62. The lowest BCUT2D eigenvalue weighted by molar-refractivity contribution is -0.0496. The van der Waals surface area contributed by atoms with E-state index in [1.54, 1.807) is 30.3 Å². The fraction of sp³-hybridized carbons (Fsp3) is 0.412. The maximum Gasteiger partial charge on any atom is 0.523 e. The minimum atomic E-state index is -5.67. The second-order valence-electron chi connectivity index (χ2n) is 5.94. The fourth-order valence-corrected chi connectivity index (χ4v) is 8.57. The summed E-state index contributed by atoms with van der Waals surface area (Å²) in [4.78, 5) is 0.530. The molecule has 0 bridgehead atoms. The first-order valence-corrected chi connectivity index (χ1v) is 11.5. The van der Waals surface area contributed by atoms with Crippen LogP contribution in [0.1, 0.15) is 19.8 Å². The molecule has 1 aliphatic rings. The van der Waals surface area contributed by atoms with E-state index in [1.807, 2.05) is 13.0 Å². The van der Waals surface area contributed by atoms with Crippen LogP contribution in [0.4, 0.5) is 13.2 Å². The Balaban J connectivity index is 2.17. The van der Waals surface area contributed by atoms with Gasteiger partial charge in [-0.05, 0) is 37.3 Å². The van der Waals surface area contributed by atoms with Gasteiger partial charge in [-0.1, -0.05) is 34.6 Å². The molecule has 0 aromatic heterocycles. The van der Waals surface area contributed by atoms with E-state index in [0.717, 1.165) is 5.39 Å². The van der Waals surface area contributed by atoms with Gasteiger partial charge in [-0.15, -0.1) is 0 Å². The molecular weight excluding hydrogens is 389 g/mol. The van der Waals surface area contributed by atoms with E-state index in [-0.39, 0.29) is 0 Å². The van der Waals surface area contributed by atoms with Crippen LogP contribution in [0.15, 0.2) is 41.3 Å². The van der Waals surface area contributed by atoms with Crippen LogP contribution in [0.25, 0.3) is 10.8 Å². The Morgan fingerprint density at radius 3 is 2.27 bits per heavy atom. The molecule has 0 saturated carbocycles. The van der Waals surface area contributed by atoms with Crippen molar-refractivity contribution in [2.45, 2.75) is 30.2 Å². The molecule has 4 nitrogen and oxygen atoms in total. The third-order valence-electron chi connectivity index (χ3n) is 4.24. The fourth-order valence-electron chi connectivity index (χ4n) is 3.17. The number of hydrogen-bond donors (Lipinski definition) is 0. The minimum absolute atomic E-state index is 0.292. The van der Waals surface area contributed by atoms with E-state index in [0.29, 0.717) is 47.0 Å². The summed E-state index contributed by atoms with van der Waals surface area (Å²) in [7, 11) is -8.27. The largest absolute Gasteiger partial charge is 0.523 e. The summed E-state index contributed by atoms with van der Waals surface area (Å²) in [5.41, 5.74) is -5.43. The predicted octanol–water partition coefficient (Wildman–Crippen LogP) is 4.98. The van der Waals surface area contributed by atoms with Gasteiger partial charge in [0.2, 0.25) is 0 Å². The van der Waals surface area contributed by atoms with Crippen LogP contribution in [-0.4, -0.2) is 32.0 Å². The number of rotatable bonds is 5. The first kappa shape index (κ1) is 19.3. The Morgan fingerprint density at radius 1 is 1.04 bits per heavy atom. The van der Waals surface area contributed by atoms with Gasteiger partial charge >= 0.3 is 15.6 Å². The van der Waals surface area contributed by atoms with Crippen LogP contribution < -0.4 is 4.74 Å². The SMILES string of the molecule is CCOc1cccc2c(S3(OS(=O)(=O)C(F)(F)F)CCCC3)cccc12. The van der Waals surface area contributed by atoms with Crippen molar-refractivity contribution in [3.05, 3.63) is 36.4 Å². The van der Waals surface area contributed by atoms with Crippen molar-refractivity contribution in [1.82, 2.24) is 0 Å². The monoisotopic (exact) mass is 408 g/mol. The molecule has 0 spiro atoms. The van der Waals surface area contributed by atoms with E-state index >= 15 is 0 Å². The van der Waals surface area contributed by atoms with E-state index in [2.05, 4.69) is 0 Å². The molecule has 2 aromatic carbocycles. The lowest BCUT2D eigenvalue weighted by atomic mass is 10.1. The zero-order valence-corrected chi connectivity index (χ0v) is 15.7. The molecule has 1 heterocycles. The summed E-state index contributed by atoms with van der Waals surface area (Å²) < 4.78 is 72.8. The summed E-state index contributed by atoms with van der Waals surface area (Å²) in [6.07, 6.45) is 1.26. The number of halogens is 3. The number of benzene rings is 2. The summed E-state index contributed by atoms with van der Waals surface area (Å²) in [5, 5.41) is 1.41. The molecular formula is C17H19F3O4S2. The van der Waals surface area contributed by atoms with Gasteiger partial charge in [0, 0.05) is 21.8 Å². The normalized spacial score (nSPS) is 18.8. The minimum Gasteiger partial charge on any atom is -0.493 e. The first-order valence-electron chi connectivity index (χ1n) is 8.16. The highest BCUT2D eigenvalue weighted by Gasteiger charge is 2.52. The van der Waals surface area contributed by atoms with E-state index in [1.165, 1.54) is 0 Å². The summed E-state index contributed by atoms with van der Waals surface area (Å²) in [6, 6.07) is 10.5. The van der Waals surface area contributed by atoms with Crippen LogP contribution in [0.5, 0.6) is 5.75 Å². The van der Waals surface area contributed by atoms with Crippen molar-refractivity contribution >= 4 is 31.2 Å². The topological polar surface area (TPSA) is 52.6 Å². The molecule has 144 valence electrons. The Kier molecular flexibility index (Phi) is 5.15.